The van der Waals surface area contributed by atoms with Gasteiger partial charge in [0.05, 0.1) is 5.69 Å². The van der Waals surface area contributed by atoms with Crippen LogP contribution in [-0.4, -0.2) is 18.8 Å². The minimum absolute atomic E-state index is 0.202. The summed E-state index contributed by atoms with van der Waals surface area (Å²) in [5, 5.41) is 0. The lowest BCUT2D eigenvalue weighted by Crippen LogP contribution is -2.45. The molecule has 2 nitrogen and oxygen atoms in total. The van der Waals surface area contributed by atoms with Gasteiger partial charge in [-0.3, -0.25) is 4.99 Å². The van der Waals surface area contributed by atoms with Crippen LogP contribution in [0.4, 0.5) is 11.4 Å². The van der Waals surface area contributed by atoms with Crippen LogP contribution in [0.15, 0.2) is 35.3 Å². The molecule has 0 bridgehead atoms. The molecule has 0 aromatic heterocycles. The molecule has 25 heavy (non-hydrogen) atoms. The van der Waals surface area contributed by atoms with Crippen molar-refractivity contribution in [3.63, 3.8) is 0 Å². The average molecular weight is 335 g/mol. The Labute approximate surface area is 152 Å². The number of aryl methyl sites for hydroxylation is 3. The van der Waals surface area contributed by atoms with Crippen molar-refractivity contribution in [1.29, 1.82) is 0 Å². The van der Waals surface area contributed by atoms with E-state index < -0.39 is 0 Å². The number of fused-ring (bicyclic) bond motifs is 1. The topological polar surface area (TPSA) is 15.6 Å². The molecule has 2 aromatic rings. The Morgan fingerprint density at radius 2 is 1.76 bits per heavy atom. The van der Waals surface area contributed by atoms with E-state index in [2.05, 4.69) is 83.8 Å². The lowest BCUT2D eigenvalue weighted by Gasteiger charge is -2.45. The average Bonchev–Trinajstić information content (AvgIpc) is 2.54. The summed E-state index contributed by atoms with van der Waals surface area (Å²) < 4.78 is 0. The van der Waals surface area contributed by atoms with Crippen LogP contribution in [0.1, 0.15) is 60.9 Å². The molecular formula is C23H30N2. The Hall–Kier alpha value is -2.09. The van der Waals surface area contributed by atoms with E-state index in [1.165, 1.54) is 39.9 Å². The van der Waals surface area contributed by atoms with Crippen molar-refractivity contribution in [3.8, 4) is 0 Å². The van der Waals surface area contributed by atoms with Gasteiger partial charge in [-0.25, -0.2) is 0 Å². The van der Waals surface area contributed by atoms with E-state index in [0.29, 0.717) is 5.92 Å². The molecule has 0 radical (unpaired) electrons. The zero-order valence-corrected chi connectivity index (χ0v) is 16.6. The largest absolute Gasteiger partial charge is 0.369 e. The first-order valence-electron chi connectivity index (χ1n) is 9.19. The highest BCUT2D eigenvalue weighted by Gasteiger charge is 2.34. The predicted molar refractivity (Wildman–Crippen MR) is 110 cm³/mol. The van der Waals surface area contributed by atoms with Crippen molar-refractivity contribution >= 4 is 17.6 Å². The fraction of sp³-hybridized carbons (Fsp3) is 0.435. The van der Waals surface area contributed by atoms with Gasteiger partial charge in [-0.2, -0.15) is 0 Å². The van der Waals surface area contributed by atoms with Gasteiger partial charge in [-0.1, -0.05) is 13.0 Å². The second-order valence-corrected chi connectivity index (χ2v) is 8.27. The molecule has 0 spiro atoms. The van der Waals surface area contributed by atoms with Gasteiger partial charge in [0.15, 0.2) is 0 Å². The van der Waals surface area contributed by atoms with E-state index in [4.69, 9.17) is 4.99 Å². The van der Waals surface area contributed by atoms with Gasteiger partial charge in [-0.15, -0.1) is 0 Å². The summed E-state index contributed by atoms with van der Waals surface area (Å²) >= 11 is 0. The number of hydrogen-bond donors (Lipinski definition) is 0. The van der Waals surface area contributed by atoms with Crippen molar-refractivity contribution in [3.05, 3.63) is 58.1 Å². The maximum atomic E-state index is 4.72. The van der Waals surface area contributed by atoms with Crippen molar-refractivity contribution in [2.45, 2.75) is 59.4 Å². The standard InChI is InChI=1S/C23H30N2/c1-15-8-9-20(10-16(15)2)24-14-19-12-21-18(4)13-23(5,6)25(7)22(21)11-17(19)3/h8-12,14,18H,13H2,1-7H3. The van der Waals surface area contributed by atoms with Crippen LogP contribution in [0.5, 0.6) is 0 Å². The molecular weight excluding hydrogens is 304 g/mol. The first-order valence-corrected chi connectivity index (χ1v) is 9.19. The zero-order valence-electron chi connectivity index (χ0n) is 16.6. The fourth-order valence-corrected chi connectivity index (χ4v) is 3.82. The Balaban J connectivity index is 1.98. The van der Waals surface area contributed by atoms with E-state index in [0.717, 1.165) is 5.69 Å². The molecule has 2 aromatic carbocycles. The normalized spacial score (nSPS) is 19.3. The van der Waals surface area contributed by atoms with Gasteiger partial charge < -0.3 is 4.90 Å². The first-order chi connectivity index (χ1) is 11.7. The highest BCUT2D eigenvalue weighted by atomic mass is 15.2. The van der Waals surface area contributed by atoms with E-state index in [1.807, 2.05) is 6.21 Å². The van der Waals surface area contributed by atoms with Crippen LogP contribution in [0.2, 0.25) is 0 Å². The Morgan fingerprint density at radius 1 is 1.04 bits per heavy atom. The van der Waals surface area contributed by atoms with Crippen molar-refractivity contribution < 1.29 is 0 Å². The minimum Gasteiger partial charge on any atom is -0.369 e. The van der Waals surface area contributed by atoms with Crippen molar-refractivity contribution in [1.82, 2.24) is 0 Å². The first kappa shape index (κ1) is 17.7. The van der Waals surface area contributed by atoms with E-state index in [-0.39, 0.29) is 5.54 Å². The predicted octanol–water partition coefficient (Wildman–Crippen LogP) is 6.08. The molecule has 1 aliphatic heterocycles. The molecule has 132 valence electrons. The van der Waals surface area contributed by atoms with Crippen LogP contribution in [0, 0.1) is 20.8 Å². The quantitative estimate of drug-likeness (QED) is 0.607. The van der Waals surface area contributed by atoms with Crippen LogP contribution in [0.25, 0.3) is 0 Å². The number of anilines is 1. The Bertz CT molecular complexity index is 830. The molecule has 1 heterocycles. The third-order valence-corrected chi connectivity index (χ3v) is 5.86. The third-order valence-electron chi connectivity index (χ3n) is 5.86. The lowest BCUT2D eigenvalue weighted by atomic mass is 9.79. The molecule has 0 amide bonds. The third kappa shape index (κ3) is 3.35. The summed E-state index contributed by atoms with van der Waals surface area (Å²) in [7, 11) is 2.22. The smallest absolute Gasteiger partial charge is 0.0632 e. The molecule has 1 aliphatic rings. The fourth-order valence-electron chi connectivity index (χ4n) is 3.82. The van der Waals surface area contributed by atoms with E-state index in [9.17, 15) is 0 Å². The maximum Gasteiger partial charge on any atom is 0.0632 e. The molecule has 0 aliphatic carbocycles. The minimum atomic E-state index is 0.202. The summed E-state index contributed by atoms with van der Waals surface area (Å²) in [5.74, 6) is 0.565. The highest BCUT2D eigenvalue weighted by Crippen LogP contribution is 2.43. The number of aliphatic imine (C=N–C) groups is 1. The van der Waals surface area contributed by atoms with Gasteiger partial charge in [0.25, 0.3) is 0 Å². The molecule has 1 unspecified atom stereocenters. The van der Waals surface area contributed by atoms with Gasteiger partial charge in [0.1, 0.15) is 0 Å². The van der Waals surface area contributed by atoms with Crippen molar-refractivity contribution in [2.24, 2.45) is 4.99 Å². The molecule has 0 saturated carbocycles. The molecule has 0 saturated heterocycles. The summed E-state index contributed by atoms with van der Waals surface area (Å²) in [5.41, 5.74) is 9.12. The summed E-state index contributed by atoms with van der Waals surface area (Å²) in [6.45, 7) is 13.5. The van der Waals surface area contributed by atoms with Crippen LogP contribution in [0.3, 0.4) is 0 Å². The molecule has 0 N–H and O–H groups in total. The summed E-state index contributed by atoms with van der Waals surface area (Å²) in [4.78, 5) is 7.15. The van der Waals surface area contributed by atoms with Gasteiger partial charge in [-0.05, 0) is 99.0 Å². The summed E-state index contributed by atoms with van der Waals surface area (Å²) in [6.07, 6.45) is 3.19. The monoisotopic (exact) mass is 334 g/mol. The Kier molecular flexibility index (Phi) is 4.49. The lowest BCUT2D eigenvalue weighted by molar-refractivity contribution is 0.395. The van der Waals surface area contributed by atoms with Crippen LogP contribution < -0.4 is 4.90 Å². The van der Waals surface area contributed by atoms with Crippen LogP contribution in [-0.2, 0) is 0 Å². The SMILES string of the molecule is Cc1ccc(N=Cc2cc3c(cc2C)N(C)C(C)(C)CC3C)cc1C. The zero-order chi connectivity index (χ0) is 18.4. The van der Waals surface area contributed by atoms with Gasteiger partial charge in [0.2, 0.25) is 0 Å². The molecule has 3 rings (SSSR count). The van der Waals surface area contributed by atoms with E-state index >= 15 is 0 Å². The van der Waals surface area contributed by atoms with E-state index in [1.54, 1.807) is 0 Å². The number of nitrogens with zero attached hydrogens (tertiary/aromatic N) is 2. The number of benzene rings is 2. The van der Waals surface area contributed by atoms with Gasteiger partial charge >= 0.3 is 0 Å². The van der Waals surface area contributed by atoms with Crippen molar-refractivity contribution in [2.75, 3.05) is 11.9 Å². The highest BCUT2D eigenvalue weighted by molar-refractivity contribution is 5.86. The number of hydrogen-bond acceptors (Lipinski definition) is 2. The molecule has 2 heteroatoms. The second-order valence-electron chi connectivity index (χ2n) is 8.27. The summed E-state index contributed by atoms with van der Waals surface area (Å²) in [6, 6.07) is 11.0. The Morgan fingerprint density at radius 3 is 2.44 bits per heavy atom. The number of rotatable bonds is 2. The van der Waals surface area contributed by atoms with Gasteiger partial charge in [0, 0.05) is 24.5 Å². The van der Waals surface area contributed by atoms with Crippen LogP contribution >= 0.6 is 0 Å². The molecule has 1 atom stereocenters. The second kappa shape index (κ2) is 6.33. The maximum absolute atomic E-state index is 4.72. The molecule has 0 fully saturated rings.